The first-order valence-electron chi connectivity index (χ1n) is 9.74. The Hall–Kier alpha value is -0.940. The smallest absolute Gasteiger partial charge is 0.174 e. The molecule has 1 aromatic rings. The molecule has 6 rings (SSSR count). The summed E-state index contributed by atoms with van der Waals surface area (Å²) in [5.74, 6) is -0.130. The summed E-state index contributed by atoms with van der Waals surface area (Å²) in [6, 6.07) is 6.63. The van der Waals surface area contributed by atoms with Gasteiger partial charge in [0.05, 0.1) is 19.3 Å². The molecule has 2 saturated heterocycles. The van der Waals surface area contributed by atoms with Crippen LogP contribution >= 0.6 is 0 Å². The van der Waals surface area contributed by atoms with E-state index in [1.807, 2.05) is 0 Å². The summed E-state index contributed by atoms with van der Waals surface area (Å²) < 4.78 is 18.9. The molecule has 4 fully saturated rings. The fraction of sp³-hybridized carbons (Fsp3) is 0.714. The van der Waals surface area contributed by atoms with Crippen LogP contribution in [0.2, 0.25) is 0 Å². The number of rotatable bonds is 0. The lowest BCUT2D eigenvalue weighted by Gasteiger charge is -2.51. The van der Waals surface area contributed by atoms with Gasteiger partial charge in [0.2, 0.25) is 0 Å². The van der Waals surface area contributed by atoms with Gasteiger partial charge in [0, 0.05) is 17.8 Å². The molecule has 1 spiro atoms. The lowest BCUT2D eigenvalue weighted by Crippen LogP contribution is -2.59. The van der Waals surface area contributed by atoms with Crippen molar-refractivity contribution in [2.75, 3.05) is 13.2 Å². The Labute approximate surface area is 148 Å². The van der Waals surface area contributed by atoms with Crippen molar-refractivity contribution in [3.8, 4) is 0 Å². The molecular formula is C21H26O4. The van der Waals surface area contributed by atoms with E-state index < -0.39 is 17.5 Å². The van der Waals surface area contributed by atoms with Crippen LogP contribution in [0.25, 0.3) is 0 Å². The highest BCUT2D eigenvalue weighted by Crippen LogP contribution is 2.78. The molecule has 0 unspecified atom stereocenters. The number of epoxide rings is 1. The van der Waals surface area contributed by atoms with Crippen LogP contribution in [0.4, 0.5) is 0 Å². The monoisotopic (exact) mass is 342 g/mol. The van der Waals surface area contributed by atoms with Crippen LogP contribution in [-0.4, -0.2) is 35.8 Å². The molecule has 134 valence electrons. The van der Waals surface area contributed by atoms with Crippen LogP contribution in [0, 0.1) is 18.3 Å². The van der Waals surface area contributed by atoms with Gasteiger partial charge in [0.15, 0.2) is 5.79 Å². The molecular weight excluding hydrogens is 316 g/mol. The minimum absolute atomic E-state index is 0.175. The SMILES string of the molecule is Cc1ccc2c(c1)CC[C@@]13O[C@@]21[C@H](O)C[C@@]1(C)[C@H]3CCC12OCCO2. The Morgan fingerprint density at radius 2 is 1.96 bits per heavy atom. The number of fused-ring (bicyclic) bond motifs is 3. The summed E-state index contributed by atoms with van der Waals surface area (Å²) in [5, 5.41) is 11.3. The van der Waals surface area contributed by atoms with Gasteiger partial charge in [0.1, 0.15) is 11.2 Å². The molecule has 1 aromatic carbocycles. The quantitative estimate of drug-likeness (QED) is 0.737. The van der Waals surface area contributed by atoms with Crippen molar-refractivity contribution in [3.63, 3.8) is 0 Å². The maximum Gasteiger partial charge on any atom is 0.174 e. The van der Waals surface area contributed by atoms with E-state index in [0.717, 1.165) is 25.7 Å². The molecule has 5 aliphatic rings. The van der Waals surface area contributed by atoms with Crippen LogP contribution in [0.15, 0.2) is 18.2 Å². The molecule has 2 saturated carbocycles. The third-order valence-electron chi connectivity index (χ3n) is 8.16. The molecule has 5 atom stereocenters. The molecule has 0 bridgehead atoms. The minimum Gasteiger partial charge on any atom is -0.390 e. The fourth-order valence-corrected chi connectivity index (χ4v) is 7.15. The van der Waals surface area contributed by atoms with Crippen LogP contribution < -0.4 is 0 Å². The van der Waals surface area contributed by atoms with Crippen molar-refractivity contribution in [2.24, 2.45) is 11.3 Å². The van der Waals surface area contributed by atoms with E-state index in [-0.39, 0.29) is 11.0 Å². The van der Waals surface area contributed by atoms with Crippen LogP contribution in [0.1, 0.15) is 49.3 Å². The molecule has 0 radical (unpaired) electrons. The lowest BCUT2D eigenvalue weighted by atomic mass is 9.53. The zero-order valence-corrected chi connectivity index (χ0v) is 15.0. The molecule has 1 N–H and O–H groups in total. The predicted molar refractivity (Wildman–Crippen MR) is 91.1 cm³/mol. The topological polar surface area (TPSA) is 51.2 Å². The van der Waals surface area contributed by atoms with Gasteiger partial charge in [-0.25, -0.2) is 0 Å². The first-order valence-corrected chi connectivity index (χ1v) is 9.74. The van der Waals surface area contributed by atoms with Gasteiger partial charge < -0.3 is 19.3 Å². The highest BCUT2D eigenvalue weighted by Gasteiger charge is 2.86. The van der Waals surface area contributed by atoms with Crippen molar-refractivity contribution in [1.29, 1.82) is 0 Å². The van der Waals surface area contributed by atoms with E-state index in [2.05, 4.69) is 32.0 Å². The largest absolute Gasteiger partial charge is 0.390 e. The van der Waals surface area contributed by atoms with E-state index in [0.29, 0.717) is 25.6 Å². The maximum atomic E-state index is 11.3. The maximum absolute atomic E-state index is 11.3. The lowest BCUT2D eigenvalue weighted by molar-refractivity contribution is -0.242. The average molecular weight is 342 g/mol. The molecule has 2 heterocycles. The molecule has 0 aromatic heterocycles. The van der Waals surface area contributed by atoms with Gasteiger partial charge in [0.25, 0.3) is 0 Å². The van der Waals surface area contributed by atoms with Gasteiger partial charge >= 0.3 is 0 Å². The Morgan fingerprint density at radius 3 is 2.76 bits per heavy atom. The third-order valence-corrected chi connectivity index (χ3v) is 8.16. The Bertz CT molecular complexity index is 769. The molecule has 3 aliphatic carbocycles. The van der Waals surface area contributed by atoms with Crippen molar-refractivity contribution in [1.82, 2.24) is 0 Å². The number of benzene rings is 1. The standard InChI is InChI=1S/C21H26O4/c1-13-3-4-15-14(11-13)5-7-19-16-6-8-20(23-9-10-24-20)18(16,2)12-17(22)21(15,19)25-19/h3-4,11,16-17,22H,5-10,12H2,1-2H3/t16-,17-,18+,19+,21-/m1/s1. The van der Waals surface area contributed by atoms with E-state index in [1.54, 1.807) is 0 Å². The number of aryl methyl sites for hydroxylation is 2. The van der Waals surface area contributed by atoms with E-state index in [4.69, 9.17) is 14.2 Å². The highest BCUT2D eigenvalue weighted by molar-refractivity contribution is 5.49. The average Bonchev–Trinajstić information content (AvgIpc) is 2.92. The van der Waals surface area contributed by atoms with Crippen LogP contribution in [-0.2, 0) is 26.2 Å². The third kappa shape index (κ3) is 1.45. The van der Waals surface area contributed by atoms with Crippen molar-refractivity contribution in [2.45, 2.75) is 69.0 Å². The molecule has 0 amide bonds. The Balaban J connectivity index is 1.50. The number of ether oxygens (including phenoxy) is 3. The Morgan fingerprint density at radius 1 is 1.16 bits per heavy atom. The van der Waals surface area contributed by atoms with E-state index in [9.17, 15) is 5.11 Å². The highest BCUT2D eigenvalue weighted by atomic mass is 16.7. The van der Waals surface area contributed by atoms with Crippen molar-refractivity contribution < 1.29 is 19.3 Å². The minimum atomic E-state index is -0.515. The first-order chi connectivity index (χ1) is 12.0. The molecule has 25 heavy (non-hydrogen) atoms. The summed E-state index contributed by atoms with van der Waals surface area (Å²) in [4.78, 5) is 0. The van der Waals surface area contributed by atoms with Gasteiger partial charge in [-0.1, -0.05) is 30.7 Å². The number of aliphatic hydroxyl groups excluding tert-OH is 1. The summed E-state index contributed by atoms with van der Waals surface area (Å²) in [7, 11) is 0. The Kier molecular flexibility index (Phi) is 2.61. The molecule has 4 nitrogen and oxygen atoms in total. The van der Waals surface area contributed by atoms with Crippen molar-refractivity contribution >= 4 is 0 Å². The first kappa shape index (κ1) is 15.2. The fourth-order valence-electron chi connectivity index (χ4n) is 7.15. The number of hydrogen-bond donors (Lipinski definition) is 1. The second-order valence-electron chi connectivity index (χ2n) is 9.07. The van der Waals surface area contributed by atoms with Gasteiger partial charge in [-0.2, -0.15) is 0 Å². The number of hydrogen-bond acceptors (Lipinski definition) is 4. The van der Waals surface area contributed by atoms with E-state index >= 15 is 0 Å². The number of aliphatic hydroxyl groups is 1. The second kappa shape index (κ2) is 4.30. The van der Waals surface area contributed by atoms with Crippen LogP contribution in [0.5, 0.6) is 0 Å². The second-order valence-corrected chi connectivity index (χ2v) is 9.07. The van der Waals surface area contributed by atoms with Gasteiger partial charge in [-0.05, 0) is 43.7 Å². The summed E-state index contributed by atoms with van der Waals surface area (Å²) >= 11 is 0. The van der Waals surface area contributed by atoms with Gasteiger partial charge in [-0.3, -0.25) is 0 Å². The summed E-state index contributed by atoms with van der Waals surface area (Å²) in [5.41, 5.74) is 2.96. The normalized spacial score (nSPS) is 48.6. The van der Waals surface area contributed by atoms with Crippen molar-refractivity contribution in [3.05, 3.63) is 34.9 Å². The summed E-state index contributed by atoms with van der Waals surface area (Å²) in [6.07, 6.45) is 4.20. The van der Waals surface area contributed by atoms with Crippen LogP contribution in [0.3, 0.4) is 0 Å². The zero-order valence-electron chi connectivity index (χ0n) is 15.0. The molecule has 4 heteroatoms. The zero-order chi connectivity index (χ0) is 17.1. The molecule has 2 aliphatic heterocycles. The summed E-state index contributed by atoms with van der Waals surface area (Å²) in [6.45, 7) is 5.74. The van der Waals surface area contributed by atoms with Gasteiger partial charge in [-0.15, -0.1) is 0 Å². The van der Waals surface area contributed by atoms with E-state index in [1.165, 1.54) is 16.7 Å². The predicted octanol–water partition coefficient (Wildman–Crippen LogP) is 2.83.